The first-order valence-corrected chi connectivity index (χ1v) is 6.66. The third kappa shape index (κ3) is 2.33. The molecule has 0 unspecified atom stereocenters. The molecule has 0 saturated carbocycles. The van der Waals surface area contributed by atoms with Gasteiger partial charge in [0.2, 0.25) is 0 Å². The number of aromatic nitrogens is 4. The maximum absolute atomic E-state index is 12.0. The Balaban J connectivity index is 2.70. The second-order valence-electron chi connectivity index (χ2n) is 5.19. The second-order valence-corrected chi connectivity index (χ2v) is 6.27. The van der Waals surface area contributed by atoms with Gasteiger partial charge in [0.15, 0.2) is 11.6 Å². The first-order chi connectivity index (χ1) is 8.30. The summed E-state index contributed by atoms with van der Waals surface area (Å²) in [4.78, 5) is 23.5. The van der Waals surface area contributed by atoms with Gasteiger partial charge in [0.05, 0.1) is 5.69 Å². The fourth-order valence-corrected chi connectivity index (χ4v) is 2.72. The third-order valence-corrected chi connectivity index (χ3v) is 3.61. The number of imidazole rings is 1. The van der Waals surface area contributed by atoms with Crippen molar-refractivity contribution >= 4 is 22.6 Å². The van der Waals surface area contributed by atoms with Crippen LogP contribution < -0.4 is 5.56 Å². The molecule has 2 aromatic heterocycles. The van der Waals surface area contributed by atoms with Crippen molar-refractivity contribution in [1.82, 2.24) is 19.5 Å². The molecular formula is C12H15IN4O. The monoisotopic (exact) mass is 358 g/mol. The highest BCUT2D eigenvalue weighted by Gasteiger charge is 2.23. The molecule has 2 aromatic rings. The average molecular weight is 358 g/mol. The van der Waals surface area contributed by atoms with E-state index in [1.807, 2.05) is 61.2 Å². The fraction of sp³-hybridized carbons (Fsp3) is 0.417. The fourth-order valence-electron chi connectivity index (χ4n) is 1.66. The van der Waals surface area contributed by atoms with Crippen LogP contribution in [0.3, 0.4) is 0 Å². The summed E-state index contributed by atoms with van der Waals surface area (Å²) in [5.74, 6) is 1.17. The summed E-state index contributed by atoms with van der Waals surface area (Å²) in [6.07, 6.45) is 3.51. The zero-order valence-electron chi connectivity index (χ0n) is 10.8. The summed E-state index contributed by atoms with van der Waals surface area (Å²) < 4.78 is 2.47. The molecule has 0 radical (unpaired) electrons. The standard InChI is InChI=1S/C12H15IN4O/c1-12(2,3)8-7(13)11(18)16-9(15-8)10-14-5-6-17(10)4/h5-6H,1-4H3,(H,15,16,18). The molecule has 0 aliphatic heterocycles. The molecule has 0 saturated heterocycles. The zero-order valence-corrected chi connectivity index (χ0v) is 12.9. The molecule has 18 heavy (non-hydrogen) atoms. The number of nitrogens with one attached hydrogen (secondary N) is 1. The number of hydrogen-bond donors (Lipinski definition) is 1. The van der Waals surface area contributed by atoms with E-state index in [9.17, 15) is 4.79 Å². The number of H-pyrrole nitrogens is 1. The summed E-state index contributed by atoms with van der Waals surface area (Å²) in [5, 5.41) is 0. The summed E-state index contributed by atoms with van der Waals surface area (Å²) in [6.45, 7) is 6.12. The van der Waals surface area contributed by atoms with Crippen LogP contribution in [0.4, 0.5) is 0 Å². The number of hydrogen-bond acceptors (Lipinski definition) is 3. The summed E-state index contributed by atoms with van der Waals surface area (Å²) in [6, 6.07) is 0. The van der Waals surface area contributed by atoms with Crippen molar-refractivity contribution in [3.63, 3.8) is 0 Å². The van der Waals surface area contributed by atoms with Crippen molar-refractivity contribution in [3.05, 3.63) is 32.0 Å². The highest BCUT2D eigenvalue weighted by atomic mass is 127. The van der Waals surface area contributed by atoms with Crippen molar-refractivity contribution < 1.29 is 0 Å². The van der Waals surface area contributed by atoms with Crippen LogP contribution in [0.15, 0.2) is 17.2 Å². The van der Waals surface area contributed by atoms with E-state index < -0.39 is 0 Å². The van der Waals surface area contributed by atoms with E-state index in [0.717, 1.165) is 5.69 Å². The lowest BCUT2D eigenvalue weighted by Gasteiger charge is -2.19. The summed E-state index contributed by atoms with van der Waals surface area (Å²) >= 11 is 2.04. The number of rotatable bonds is 1. The summed E-state index contributed by atoms with van der Waals surface area (Å²) in [5.41, 5.74) is 0.503. The molecule has 0 aliphatic rings. The molecule has 0 atom stereocenters. The van der Waals surface area contributed by atoms with E-state index in [-0.39, 0.29) is 11.0 Å². The van der Waals surface area contributed by atoms with Crippen molar-refractivity contribution in [3.8, 4) is 11.6 Å². The van der Waals surface area contributed by atoms with Crippen LogP contribution in [-0.2, 0) is 12.5 Å². The van der Waals surface area contributed by atoms with Crippen molar-refractivity contribution in [1.29, 1.82) is 0 Å². The Bertz CT molecular complexity index is 636. The Kier molecular flexibility index (Phi) is 3.31. The molecule has 6 heteroatoms. The van der Waals surface area contributed by atoms with Crippen LogP contribution in [0.2, 0.25) is 0 Å². The number of nitrogens with zero attached hydrogens (tertiary/aromatic N) is 3. The molecule has 0 spiro atoms. The lowest BCUT2D eigenvalue weighted by molar-refractivity contribution is 0.561. The third-order valence-electron chi connectivity index (χ3n) is 2.61. The Morgan fingerprint density at radius 1 is 1.39 bits per heavy atom. The van der Waals surface area contributed by atoms with Crippen molar-refractivity contribution in [2.24, 2.45) is 7.05 Å². The normalized spacial score (nSPS) is 11.8. The minimum Gasteiger partial charge on any atom is -0.331 e. The van der Waals surface area contributed by atoms with Gasteiger partial charge in [-0.2, -0.15) is 0 Å². The van der Waals surface area contributed by atoms with Crippen LogP contribution in [0.25, 0.3) is 11.6 Å². The van der Waals surface area contributed by atoms with Crippen LogP contribution >= 0.6 is 22.6 Å². The lowest BCUT2D eigenvalue weighted by atomic mass is 9.92. The highest BCUT2D eigenvalue weighted by molar-refractivity contribution is 14.1. The molecule has 0 aromatic carbocycles. The maximum Gasteiger partial charge on any atom is 0.264 e. The predicted molar refractivity (Wildman–Crippen MR) is 78.5 cm³/mol. The maximum atomic E-state index is 12.0. The van der Waals surface area contributed by atoms with Gasteiger partial charge >= 0.3 is 0 Å². The van der Waals surface area contributed by atoms with Gasteiger partial charge in [0.1, 0.15) is 3.57 Å². The van der Waals surface area contributed by atoms with E-state index >= 15 is 0 Å². The molecule has 1 N–H and O–H groups in total. The average Bonchev–Trinajstić information content (AvgIpc) is 2.66. The van der Waals surface area contributed by atoms with Crippen LogP contribution in [-0.4, -0.2) is 19.5 Å². The van der Waals surface area contributed by atoms with Gasteiger partial charge < -0.3 is 9.55 Å². The van der Waals surface area contributed by atoms with E-state index in [1.54, 1.807) is 6.20 Å². The number of aromatic amines is 1. The van der Waals surface area contributed by atoms with Crippen LogP contribution in [0.1, 0.15) is 26.5 Å². The molecule has 0 bridgehead atoms. The molecule has 0 fully saturated rings. The van der Waals surface area contributed by atoms with E-state index in [1.165, 1.54) is 0 Å². The number of halogens is 1. The van der Waals surface area contributed by atoms with Crippen molar-refractivity contribution in [2.45, 2.75) is 26.2 Å². The Morgan fingerprint density at radius 3 is 2.56 bits per heavy atom. The predicted octanol–water partition coefficient (Wildman–Crippen LogP) is 2.07. The molecule has 2 heterocycles. The molecule has 0 amide bonds. The molecule has 96 valence electrons. The van der Waals surface area contributed by atoms with E-state index in [2.05, 4.69) is 15.0 Å². The molecule has 5 nitrogen and oxygen atoms in total. The largest absolute Gasteiger partial charge is 0.331 e. The first kappa shape index (κ1) is 13.3. The van der Waals surface area contributed by atoms with E-state index in [4.69, 9.17) is 0 Å². The van der Waals surface area contributed by atoms with Gasteiger partial charge in [-0.1, -0.05) is 20.8 Å². The molecule has 2 rings (SSSR count). The smallest absolute Gasteiger partial charge is 0.264 e. The highest BCUT2D eigenvalue weighted by Crippen LogP contribution is 2.24. The molecular weight excluding hydrogens is 343 g/mol. The second kappa shape index (κ2) is 4.49. The van der Waals surface area contributed by atoms with Gasteiger partial charge in [0.25, 0.3) is 5.56 Å². The first-order valence-electron chi connectivity index (χ1n) is 5.58. The zero-order chi connectivity index (χ0) is 13.5. The lowest BCUT2D eigenvalue weighted by Crippen LogP contribution is -2.24. The Morgan fingerprint density at radius 2 is 2.06 bits per heavy atom. The topological polar surface area (TPSA) is 63.6 Å². The van der Waals surface area contributed by atoms with E-state index in [0.29, 0.717) is 15.2 Å². The quantitative estimate of drug-likeness (QED) is 0.794. The van der Waals surface area contributed by atoms with Gasteiger partial charge in [-0.25, -0.2) is 9.97 Å². The van der Waals surface area contributed by atoms with Gasteiger partial charge in [0, 0.05) is 24.9 Å². The summed E-state index contributed by atoms with van der Waals surface area (Å²) in [7, 11) is 1.87. The van der Waals surface area contributed by atoms with Crippen molar-refractivity contribution in [2.75, 3.05) is 0 Å². The van der Waals surface area contributed by atoms with Crippen LogP contribution in [0.5, 0.6) is 0 Å². The van der Waals surface area contributed by atoms with Gasteiger partial charge in [-0.3, -0.25) is 4.79 Å². The minimum atomic E-state index is -0.176. The Labute approximate surface area is 119 Å². The number of aryl methyl sites for hydroxylation is 1. The van der Waals surface area contributed by atoms with Crippen LogP contribution in [0, 0.1) is 3.57 Å². The Hall–Kier alpha value is -1.18. The molecule has 0 aliphatic carbocycles. The SMILES string of the molecule is Cn1ccnc1-c1nc(C(C)(C)C)c(I)c(=O)[nH]1. The van der Waals surface area contributed by atoms with Gasteiger partial charge in [-0.05, 0) is 22.6 Å². The van der Waals surface area contributed by atoms with Gasteiger partial charge in [-0.15, -0.1) is 0 Å². The minimum absolute atomic E-state index is 0.117.